The fourth-order valence-corrected chi connectivity index (χ4v) is 7.01. The number of hydrogen-bond donors (Lipinski definition) is 0. The van der Waals surface area contributed by atoms with E-state index in [-0.39, 0.29) is 0 Å². The maximum absolute atomic E-state index is 5.50. The predicted molar refractivity (Wildman–Crippen MR) is 46.5 cm³/mol. The van der Waals surface area contributed by atoms with Crippen molar-refractivity contribution < 1.29 is 31.7 Å². The Bertz CT molecular complexity index is 91.2. The number of rotatable bonds is 8. The van der Waals surface area contributed by atoms with Crippen LogP contribution in [0.1, 0.15) is 27.7 Å². The summed E-state index contributed by atoms with van der Waals surface area (Å²) in [6.07, 6.45) is 0. The van der Waals surface area contributed by atoms with Crippen LogP contribution < -0.4 is 0 Å². The fourth-order valence-electron chi connectivity index (χ4n) is 0.856. The van der Waals surface area contributed by atoms with Gasteiger partial charge in [-0.1, -0.05) is 0 Å². The van der Waals surface area contributed by atoms with Gasteiger partial charge in [0.15, 0.2) is 0 Å². The molecule has 0 N–H and O–H groups in total. The van der Waals surface area contributed by atoms with Crippen LogP contribution in [0.15, 0.2) is 0 Å². The van der Waals surface area contributed by atoms with Crippen molar-refractivity contribution >= 4 is 0 Å². The SMILES string of the molecule is CC[O][Ta]([O]CC)([O]CC)[O]CC. The summed E-state index contributed by atoms with van der Waals surface area (Å²) < 4.78 is 22.0. The van der Waals surface area contributed by atoms with E-state index in [2.05, 4.69) is 0 Å². The van der Waals surface area contributed by atoms with Gasteiger partial charge in [0.2, 0.25) is 0 Å². The Kier molecular flexibility index (Phi) is 8.29. The van der Waals surface area contributed by atoms with Crippen LogP contribution in [0.2, 0.25) is 0 Å². The molecule has 0 spiro atoms. The first-order chi connectivity index (χ1) is 6.24. The zero-order chi connectivity index (χ0) is 10.2. The van der Waals surface area contributed by atoms with Gasteiger partial charge in [0.05, 0.1) is 0 Å². The quantitative estimate of drug-likeness (QED) is 0.662. The van der Waals surface area contributed by atoms with E-state index in [1.165, 1.54) is 0 Å². The van der Waals surface area contributed by atoms with E-state index >= 15 is 0 Å². The molecule has 0 aliphatic heterocycles. The predicted octanol–water partition coefficient (Wildman–Crippen LogP) is 1.95. The van der Waals surface area contributed by atoms with E-state index in [9.17, 15) is 0 Å². The van der Waals surface area contributed by atoms with Crippen molar-refractivity contribution in [2.45, 2.75) is 27.7 Å². The molecule has 13 heavy (non-hydrogen) atoms. The molecule has 0 aliphatic rings. The topological polar surface area (TPSA) is 36.9 Å². The molecule has 0 aromatic carbocycles. The minimum atomic E-state index is -3.62. The van der Waals surface area contributed by atoms with E-state index in [0.717, 1.165) is 0 Å². The maximum atomic E-state index is 5.50. The first kappa shape index (κ1) is 13.6. The molecule has 81 valence electrons. The Hall–Kier alpha value is 0.580. The second kappa shape index (κ2) is 7.94. The molecule has 0 aromatic rings. The van der Waals surface area contributed by atoms with Gasteiger partial charge in [-0.2, -0.15) is 0 Å². The Balaban J connectivity index is 4.19. The second-order valence-electron chi connectivity index (χ2n) is 2.12. The molecule has 0 bridgehead atoms. The first-order valence-electron chi connectivity index (χ1n) is 4.71. The molecule has 0 aromatic heterocycles. The summed E-state index contributed by atoms with van der Waals surface area (Å²) in [5.41, 5.74) is 0. The molecule has 0 unspecified atom stereocenters. The molecule has 0 heterocycles. The van der Waals surface area contributed by atoms with Crippen LogP contribution >= 0.6 is 0 Å². The van der Waals surface area contributed by atoms with Gasteiger partial charge in [0.1, 0.15) is 0 Å². The summed E-state index contributed by atoms with van der Waals surface area (Å²) in [4.78, 5) is 0. The Labute approximate surface area is 86.0 Å². The summed E-state index contributed by atoms with van der Waals surface area (Å²) in [5, 5.41) is 0. The monoisotopic (exact) mass is 361 g/mol. The van der Waals surface area contributed by atoms with Crippen LogP contribution in [0.4, 0.5) is 0 Å². The van der Waals surface area contributed by atoms with Crippen LogP contribution in [0.3, 0.4) is 0 Å². The third kappa shape index (κ3) is 5.12. The number of hydrogen-bond acceptors (Lipinski definition) is 4. The van der Waals surface area contributed by atoms with Crippen LogP contribution in [-0.2, 0) is 31.7 Å². The van der Waals surface area contributed by atoms with E-state index in [1.807, 2.05) is 27.7 Å². The van der Waals surface area contributed by atoms with E-state index in [0.29, 0.717) is 26.4 Å². The van der Waals surface area contributed by atoms with E-state index in [4.69, 9.17) is 13.0 Å². The van der Waals surface area contributed by atoms with Gasteiger partial charge >= 0.3 is 85.8 Å². The van der Waals surface area contributed by atoms with Gasteiger partial charge in [-0.15, -0.1) is 0 Å². The normalized spacial score (nSPS) is 12.0. The Morgan fingerprint density at radius 3 is 1.00 bits per heavy atom. The molecule has 0 saturated carbocycles. The molecule has 4 nitrogen and oxygen atoms in total. The van der Waals surface area contributed by atoms with Crippen molar-refractivity contribution in [1.29, 1.82) is 0 Å². The van der Waals surface area contributed by atoms with Gasteiger partial charge in [-0.05, 0) is 0 Å². The summed E-state index contributed by atoms with van der Waals surface area (Å²) in [7, 11) is 0. The minimum absolute atomic E-state index is 0.582. The molecule has 0 atom stereocenters. The molecular weight excluding hydrogens is 341 g/mol. The molecule has 5 heteroatoms. The standard InChI is InChI=1S/4C2H5O.Ta/c4*1-2-3;/h4*2H2,1H3;/q4*-1;+4. The average molecular weight is 361 g/mol. The van der Waals surface area contributed by atoms with Crippen molar-refractivity contribution in [1.82, 2.24) is 0 Å². The van der Waals surface area contributed by atoms with Crippen LogP contribution in [0.5, 0.6) is 0 Å². The van der Waals surface area contributed by atoms with Gasteiger partial charge in [0.25, 0.3) is 0 Å². The Morgan fingerprint density at radius 2 is 0.846 bits per heavy atom. The molecule has 0 amide bonds. The van der Waals surface area contributed by atoms with Gasteiger partial charge in [-0.25, -0.2) is 0 Å². The molecular formula is C8H20O4Ta. The molecule has 0 saturated heterocycles. The summed E-state index contributed by atoms with van der Waals surface area (Å²) in [6.45, 7) is 10.0. The van der Waals surface area contributed by atoms with Gasteiger partial charge in [0, 0.05) is 0 Å². The third-order valence-electron chi connectivity index (χ3n) is 1.15. The fraction of sp³-hybridized carbons (Fsp3) is 1.00. The van der Waals surface area contributed by atoms with Crippen molar-refractivity contribution in [2.75, 3.05) is 26.4 Å². The van der Waals surface area contributed by atoms with Crippen LogP contribution in [-0.4, -0.2) is 26.4 Å². The summed E-state index contributed by atoms with van der Waals surface area (Å²) >= 11 is -3.62. The van der Waals surface area contributed by atoms with Crippen molar-refractivity contribution in [3.63, 3.8) is 0 Å². The van der Waals surface area contributed by atoms with E-state index in [1.54, 1.807) is 0 Å². The summed E-state index contributed by atoms with van der Waals surface area (Å²) in [5.74, 6) is 0. The molecule has 0 aliphatic carbocycles. The van der Waals surface area contributed by atoms with Crippen molar-refractivity contribution in [3.8, 4) is 0 Å². The van der Waals surface area contributed by atoms with Crippen LogP contribution in [0, 0.1) is 0 Å². The van der Waals surface area contributed by atoms with Crippen molar-refractivity contribution in [3.05, 3.63) is 0 Å². The van der Waals surface area contributed by atoms with Crippen LogP contribution in [0.25, 0.3) is 0 Å². The zero-order valence-corrected chi connectivity index (χ0v) is 12.1. The first-order valence-corrected chi connectivity index (χ1v) is 9.96. The second-order valence-corrected chi connectivity index (χ2v) is 9.04. The third-order valence-corrected chi connectivity index (χ3v) is 9.40. The molecule has 0 fully saturated rings. The van der Waals surface area contributed by atoms with Gasteiger partial charge in [-0.3, -0.25) is 0 Å². The summed E-state index contributed by atoms with van der Waals surface area (Å²) in [6, 6.07) is 0. The molecule has 0 rings (SSSR count). The van der Waals surface area contributed by atoms with E-state index < -0.39 is 18.7 Å². The molecule has 0 radical (unpaired) electrons. The van der Waals surface area contributed by atoms with Crippen molar-refractivity contribution in [2.24, 2.45) is 0 Å². The van der Waals surface area contributed by atoms with Gasteiger partial charge < -0.3 is 0 Å². The zero-order valence-electron chi connectivity index (χ0n) is 8.91. The average Bonchev–Trinajstić information content (AvgIpc) is 2.06. The Morgan fingerprint density at radius 1 is 0.615 bits per heavy atom.